The van der Waals surface area contributed by atoms with Gasteiger partial charge in [-0.2, -0.15) is 5.10 Å². The number of rotatable bonds is 8. The third-order valence-corrected chi connectivity index (χ3v) is 4.22. The highest BCUT2D eigenvalue weighted by atomic mass is 16.6. The summed E-state index contributed by atoms with van der Waals surface area (Å²) in [6, 6.07) is 11.0. The lowest BCUT2D eigenvalue weighted by molar-refractivity contribution is -0.384. The maximum atomic E-state index is 12.5. The molecule has 1 heterocycles. The first kappa shape index (κ1) is 21.5. The number of hydrogen-bond donors (Lipinski definition) is 2. The number of aromatic nitrogens is 2. The van der Waals surface area contributed by atoms with Crippen LogP contribution >= 0.6 is 0 Å². The normalized spacial score (nSPS) is 10.5. The minimum absolute atomic E-state index is 0.0497. The van der Waals surface area contributed by atoms with E-state index in [1.54, 1.807) is 12.1 Å². The second kappa shape index (κ2) is 9.08. The van der Waals surface area contributed by atoms with Crippen LogP contribution in [0.25, 0.3) is 0 Å². The predicted molar refractivity (Wildman–Crippen MR) is 112 cm³/mol. The van der Waals surface area contributed by atoms with Gasteiger partial charge in [-0.25, -0.2) is 0 Å². The SMILES string of the molecule is Cc1cc(C)cc(Oc2cc(NC(=O)c3ccn(CCC(=O)O)n3)cc([N+](=O)[O-])c2)c1. The highest BCUT2D eigenvalue weighted by Gasteiger charge is 2.16. The van der Waals surface area contributed by atoms with Gasteiger partial charge in [0.2, 0.25) is 0 Å². The molecule has 1 aromatic heterocycles. The number of carbonyl (C=O) groups excluding carboxylic acids is 1. The highest BCUT2D eigenvalue weighted by Crippen LogP contribution is 2.30. The second-order valence-electron chi connectivity index (χ2n) is 6.96. The average Bonchev–Trinajstić information content (AvgIpc) is 3.14. The Balaban J connectivity index is 1.81. The van der Waals surface area contributed by atoms with Crippen molar-refractivity contribution in [2.45, 2.75) is 26.8 Å². The van der Waals surface area contributed by atoms with Crippen LogP contribution < -0.4 is 10.1 Å². The molecular weight excluding hydrogens is 404 g/mol. The molecule has 0 fully saturated rings. The van der Waals surface area contributed by atoms with Gasteiger partial charge in [-0.3, -0.25) is 24.4 Å². The van der Waals surface area contributed by atoms with Crippen LogP contribution in [-0.4, -0.2) is 31.7 Å². The van der Waals surface area contributed by atoms with Crippen LogP contribution in [0, 0.1) is 24.0 Å². The number of nitrogens with zero attached hydrogens (tertiary/aromatic N) is 3. The number of carboxylic acid groups (broad SMARTS) is 1. The van der Waals surface area contributed by atoms with Crippen molar-refractivity contribution in [3.63, 3.8) is 0 Å². The summed E-state index contributed by atoms with van der Waals surface area (Å²) < 4.78 is 7.12. The Morgan fingerprint density at radius 3 is 2.45 bits per heavy atom. The molecule has 2 N–H and O–H groups in total. The maximum Gasteiger partial charge on any atom is 0.305 e. The molecule has 160 valence electrons. The van der Waals surface area contributed by atoms with Gasteiger partial charge in [0.1, 0.15) is 11.5 Å². The van der Waals surface area contributed by atoms with Crippen LogP contribution in [0.3, 0.4) is 0 Å². The Kier molecular flexibility index (Phi) is 6.29. The standard InChI is InChI=1S/C21H20N4O6/c1-13-7-14(2)9-17(8-13)31-18-11-15(10-16(12-18)25(29)30)22-21(28)19-3-5-24(23-19)6-4-20(26)27/h3,5,7-12H,4,6H2,1-2H3,(H,22,28)(H,26,27). The van der Waals surface area contributed by atoms with E-state index in [9.17, 15) is 19.7 Å². The van der Waals surface area contributed by atoms with E-state index in [0.717, 1.165) is 11.1 Å². The monoisotopic (exact) mass is 424 g/mol. The fraction of sp³-hybridized carbons (Fsp3) is 0.190. The summed E-state index contributed by atoms with van der Waals surface area (Å²) in [5.74, 6) is -0.852. The molecule has 0 aliphatic carbocycles. The van der Waals surface area contributed by atoms with Crippen molar-refractivity contribution in [2.75, 3.05) is 5.32 Å². The molecule has 0 radical (unpaired) electrons. The molecule has 1 amide bonds. The zero-order valence-corrected chi connectivity index (χ0v) is 16.9. The summed E-state index contributed by atoms with van der Waals surface area (Å²) in [4.78, 5) is 33.9. The topological polar surface area (TPSA) is 137 Å². The van der Waals surface area contributed by atoms with Crippen LogP contribution in [0.1, 0.15) is 28.0 Å². The Morgan fingerprint density at radius 2 is 1.81 bits per heavy atom. The van der Waals surface area contributed by atoms with Gasteiger partial charge in [-0.1, -0.05) is 6.07 Å². The van der Waals surface area contributed by atoms with Crippen molar-refractivity contribution in [3.8, 4) is 11.5 Å². The van der Waals surface area contributed by atoms with Gasteiger partial charge in [-0.15, -0.1) is 0 Å². The summed E-state index contributed by atoms with van der Waals surface area (Å²) in [6.45, 7) is 3.94. The van der Waals surface area contributed by atoms with Gasteiger partial charge in [0.05, 0.1) is 29.6 Å². The molecule has 0 spiro atoms. The van der Waals surface area contributed by atoms with E-state index in [1.807, 2.05) is 19.9 Å². The lowest BCUT2D eigenvalue weighted by atomic mass is 10.1. The lowest BCUT2D eigenvalue weighted by Gasteiger charge is -2.10. The number of aliphatic carboxylic acids is 1. The highest BCUT2D eigenvalue weighted by molar-refractivity contribution is 6.03. The average molecular weight is 424 g/mol. The summed E-state index contributed by atoms with van der Waals surface area (Å²) in [7, 11) is 0. The molecule has 3 aromatic rings. The number of non-ortho nitro benzene ring substituents is 1. The minimum Gasteiger partial charge on any atom is -0.481 e. The maximum absolute atomic E-state index is 12.5. The molecule has 2 aromatic carbocycles. The van der Waals surface area contributed by atoms with Gasteiger partial charge >= 0.3 is 5.97 Å². The number of nitro benzene ring substituents is 1. The lowest BCUT2D eigenvalue weighted by Crippen LogP contribution is -2.14. The summed E-state index contributed by atoms with van der Waals surface area (Å²) >= 11 is 0. The first-order valence-electron chi connectivity index (χ1n) is 9.32. The van der Waals surface area contributed by atoms with E-state index in [0.29, 0.717) is 5.75 Å². The first-order valence-corrected chi connectivity index (χ1v) is 9.32. The van der Waals surface area contributed by atoms with Crippen molar-refractivity contribution in [1.29, 1.82) is 0 Å². The molecular formula is C21H20N4O6. The number of carboxylic acids is 1. The van der Waals surface area contributed by atoms with Crippen molar-refractivity contribution in [2.24, 2.45) is 0 Å². The number of nitro groups is 1. The summed E-state index contributed by atoms with van der Waals surface area (Å²) in [5, 5.41) is 26.6. The number of anilines is 1. The Morgan fingerprint density at radius 1 is 1.13 bits per heavy atom. The molecule has 0 saturated heterocycles. The number of ether oxygens (including phenoxy) is 1. The smallest absolute Gasteiger partial charge is 0.305 e. The minimum atomic E-state index is -0.977. The molecule has 0 saturated carbocycles. The molecule has 3 rings (SSSR count). The van der Waals surface area contributed by atoms with E-state index in [2.05, 4.69) is 10.4 Å². The zero-order chi connectivity index (χ0) is 22.5. The van der Waals surface area contributed by atoms with Gasteiger partial charge in [0, 0.05) is 18.3 Å². The fourth-order valence-electron chi connectivity index (χ4n) is 2.96. The number of hydrogen-bond acceptors (Lipinski definition) is 6. The molecule has 0 unspecified atom stereocenters. The van der Waals surface area contributed by atoms with Crippen LogP contribution in [0.4, 0.5) is 11.4 Å². The number of nitrogens with one attached hydrogen (secondary N) is 1. The van der Waals surface area contributed by atoms with E-state index in [4.69, 9.17) is 9.84 Å². The molecule has 31 heavy (non-hydrogen) atoms. The van der Waals surface area contributed by atoms with Gasteiger partial charge < -0.3 is 15.2 Å². The third-order valence-electron chi connectivity index (χ3n) is 4.22. The van der Waals surface area contributed by atoms with Crippen molar-refractivity contribution >= 4 is 23.3 Å². The van der Waals surface area contributed by atoms with E-state index < -0.39 is 16.8 Å². The Hall–Kier alpha value is -4.21. The number of amides is 1. The molecule has 0 aliphatic rings. The molecule has 0 atom stereocenters. The van der Waals surface area contributed by atoms with Crippen LogP contribution in [0.5, 0.6) is 11.5 Å². The van der Waals surface area contributed by atoms with Crippen LogP contribution in [0.15, 0.2) is 48.7 Å². The summed E-state index contributed by atoms with van der Waals surface area (Å²) in [5.41, 5.74) is 1.93. The molecule has 0 bridgehead atoms. The quantitative estimate of drug-likeness (QED) is 0.413. The van der Waals surface area contributed by atoms with Gasteiger partial charge in [0.25, 0.3) is 11.6 Å². The molecule has 10 nitrogen and oxygen atoms in total. The Labute approximate surface area is 177 Å². The second-order valence-corrected chi connectivity index (χ2v) is 6.96. The predicted octanol–water partition coefficient (Wildman–Crippen LogP) is 3.93. The van der Waals surface area contributed by atoms with Crippen LogP contribution in [0.2, 0.25) is 0 Å². The zero-order valence-electron chi connectivity index (χ0n) is 16.9. The largest absolute Gasteiger partial charge is 0.481 e. The van der Waals surface area contributed by atoms with E-state index >= 15 is 0 Å². The van der Waals surface area contributed by atoms with E-state index in [-0.39, 0.29) is 35.8 Å². The number of aryl methyl sites for hydroxylation is 3. The summed E-state index contributed by atoms with van der Waals surface area (Å²) in [6.07, 6.45) is 1.35. The first-order chi connectivity index (χ1) is 14.7. The molecule has 10 heteroatoms. The fourth-order valence-corrected chi connectivity index (χ4v) is 2.96. The van der Waals surface area contributed by atoms with Crippen molar-refractivity contribution in [1.82, 2.24) is 9.78 Å². The Bertz CT molecular complexity index is 1130. The van der Waals surface area contributed by atoms with Crippen molar-refractivity contribution in [3.05, 3.63) is 75.6 Å². The van der Waals surface area contributed by atoms with Crippen LogP contribution in [-0.2, 0) is 11.3 Å². The number of carbonyl (C=O) groups is 2. The van der Waals surface area contributed by atoms with Gasteiger partial charge in [0.15, 0.2) is 5.69 Å². The third kappa shape index (κ3) is 5.89. The van der Waals surface area contributed by atoms with Gasteiger partial charge in [-0.05, 0) is 43.2 Å². The van der Waals surface area contributed by atoms with Crippen molar-refractivity contribution < 1.29 is 24.4 Å². The van der Waals surface area contributed by atoms with E-state index in [1.165, 1.54) is 35.1 Å². The molecule has 0 aliphatic heterocycles. The number of benzene rings is 2.